The van der Waals surface area contributed by atoms with Gasteiger partial charge in [0.25, 0.3) is 0 Å². The molecule has 7 rings (SSSR count). The number of hydrogen-bond acceptors (Lipinski definition) is 8. The van der Waals surface area contributed by atoms with E-state index in [2.05, 4.69) is 53.8 Å². The SMILES string of the molecule is CCC/C=C/B(O)O.CCCC1C=Cc2c(c(F)c(F)c3oc(C)cc23)O1.Cc1cc2c(C=O)c(O)c(F)c(F)c2o1.c1ccc(CNCc2ccccc2)cc1. The summed E-state index contributed by atoms with van der Waals surface area (Å²) in [5.74, 6) is -3.47. The Bertz CT molecular complexity index is 2230. The number of carbonyl (C=O) groups excluding carboxylic acids is 1. The summed E-state index contributed by atoms with van der Waals surface area (Å²) < 4.78 is 70.0. The van der Waals surface area contributed by atoms with Gasteiger partial charge in [-0.3, -0.25) is 4.79 Å². The summed E-state index contributed by atoms with van der Waals surface area (Å²) in [5, 5.41) is 29.7. The van der Waals surface area contributed by atoms with Gasteiger partial charge >= 0.3 is 7.12 Å². The van der Waals surface area contributed by atoms with Gasteiger partial charge in [-0.2, -0.15) is 17.6 Å². The van der Waals surface area contributed by atoms with Gasteiger partial charge in [0.1, 0.15) is 17.6 Å². The number of phenols is 1. The largest absolute Gasteiger partial charge is 0.504 e. The zero-order valence-electron chi connectivity index (χ0n) is 32.2. The first-order chi connectivity index (χ1) is 27.4. The number of aryl methyl sites for hydroxylation is 2. The van der Waals surface area contributed by atoms with Crippen molar-refractivity contribution in [3.63, 3.8) is 0 Å². The zero-order valence-corrected chi connectivity index (χ0v) is 32.2. The van der Waals surface area contributed by atoms with Gasteiger partial charge in [0.05, 0.1) is 5.56 Å². The van der Waals surface area contributed by atoms with Crippen LogP contribution in [0.2, 0.25) is 0 Å². The first-order valence-electron chi connectivity index (χ1n) is 18.5. The van der Waals surface area contributed by atoms with Gasteiger partial charge in [0, 0.05) is 29.4 Å². The number of aromatic hydroxyl groups is 1. The Hall–Kier alpha value is -5.63. The standard InChI is InChI=1S/C15H14F2O2.C14H15N.C10H6F2O3.C5H11BO2/c1-3-4-9-5-6-10-11-7-8(2)18-15(11)13(17)12(16)14(10)19-9;1-3-7-13(8-4-1)11-15-12-14-9-5-2-6-10-14;1-4-2-5-6(3-13)9(14)7(11)8(12)10(5)15-4;1-2-3-4-5-6(7)8/h5-7,9H,3-4H2,1-2H3;1-10,15H,11-12H2;2-3,14H,1H3;4-5,7-8H,2-3H2,1H3/b;;;5-4+. The summed E-state index contributed by atoms with van der Waals surface area (Å²) in [4.78, 5) is 10.6. The van der Waals surface area contributed by atoms with Gasteiger partial charge in [-0.1, -0.05) is 105 Å². The molecule has 57 heavy (non-hydrogen) atoms. The summed E-state index contributed by atoms with van der Waals surface area (Å²) in [6, 6.07) is 24.0. The quantitative estimate of drug-likeness (QED) is 0.0614. The Morgan fingerprint density at radius 2 is 1.32 bits per heavy atom. The molecule has 2 aromatic heterocycles. The maximum absolute atomic E-state index is 14.0. The lowest BCUT2D eigenvalue weighted by atomic mass is 9.91. The molecule has 1 unspecified atom stereocenters. The van der Waals surface area contributed by atoms with Crippen molar-refractivity contribution in [2.24, 2.45) is 0 Å². The molecule has 0 aliphatic carbocycles. The fraction of sp³-hybridized carbons (Fsp3) is 0.250. The van der Waals surface area contributed by atoms with E-state index in [1.54, 1.807) is 25.1 Å². The molecule has 0 amide bonds. The second-order valence-corrected chi connectivity index (χ2v) is 13.1. The lowest BCUT2D eigenvalue weighted by Crippen LogP contribution is -2.18. The lowest BCUT2D eigenvalue weighted by molar-refractivity contribution is 0.112. The van der Waals surface area contributed by atoms with Crippen LogP contribution in [-0.4, -0.2) is 34.7 Å². The van der Waals surface area contributed by atoms with E-state index in [-0.39, 0.29) is 40.3 Å². The van der Waals surface area contributed by atoms with E-state index in [0.29, 0.717) is 22.5 Å². The van der Waals surface area contributed by atoms with Crippen LogP contribution < -0.4 is 10.1 Å². The highest BCUT2D eigenvalue weighted by atomic mass is 19.2. The monoisotopic (exact) mass is 787 g/mol. The van der Waals surface area contributed by atoms with E-state index in [9.17, 15) is 27.5 Å². The Kier molecular flexibility index (Phi) is 16.7. The van der Waals surface area contributed by atoms with Gasteiger partial charge in [-0.05, 0) is 56.0 Å². The molecule has 0 spiro atoms. The number of rotatable bonds is 10. The second kappa shape index (κ2) is 21.6. The summed E-state index contributed by atoms with van der Waals surface area (Å²) >= 11 is 0. The molecule has 1 aliphatic rings. The summed E-state index contributed by atoms with van der Waals surface area (Å²) in [6.45, 7) is 9.14. The molecule has 13 heteroatoms. The molecule has 1 atom stereocenters. The van der Waals surface area contributed by atoms with Crippen molar-refractivity contribution in [3.8, 4) is 11.5 Å². The first kappa shape index (κ1) is 44.1. The molecule has 300 valence electrons. The number of halogens is 4. The van der Waals surface area contributed by atoms with Crippen LogP contribution in [0.15, 0.2) is 99.8 Å². The molecule has 0 saturated carbocycles. The molecule has 0 radical (unpaired) electrons. The van der Waals surface area contributed by atoms with E-state index < -0.39 is 36.1 Å². The number of aldehydes is 1. The van der Waals surface area contributed by atoms with Crippen molar-refractivity contribution in [2.45, 2.75) is 72.6 Å². The van der Waals surface area contributed by atoms with E-state index in [4.69, 9.17) is 23.6 Å². The number of allylic oxidation sites excluding steroid dienone is 1. The summed E-state index contributed by atoms with van der Waals surface area (Å²) in [7, 11) is -1.28. The van der Waals surface area contributed by atoms with Crippen LogP contribution in [-0.2, 0) is 13.1 Å². The minimum Gasteiger partial charge on any atom is -0.504 e. The number of fused-ring (bicyclic) bond motifs is 4. The number of hydrogen-bond donors (Lipinski definition) is 4. The number of unbranched alkanes of at least 4 members (excludes halogenated alkanes) is 1. The predicted molar refractivity (Wildman–Crippen MR) is 215 cm³/mol. The number of carbonyl (C=O) groups is 1. The molecule has 4 aromatic carbocycles. The number of benzene rings is 4. The van der Waals surface area contributed by atoms with E-state index >= 15 is 0 Å². The van der Waals surface area contributed by atoms with Crippen LogP contribution in [0.4, 0.5) is 17.6 Å². The topological polar surface area (TPSA) is 125 Å². The van der Waals surface area contributed by atoms with Crippen molar-refractivity contribution in [3.05, 3.63) is 148 Å². The maximum atomic E-state index is 14.0. The molecule has 0 saturated heterocycles. The molecule has 4 N–H and O–H groups in total. The van der Waals surface area contributed by atoms with Gasteiger partial charge in [0.2, 0.25) is 23.3 Å². The van der Waals surface area contributed by atoms with Crippen molar-refractivity contribution < 1.29 is 51.1 Å². The minimum atomic E-state index is -1.47. The van der Waals surface area contributed by atoms with Crippen molar-refractivity contribution in [1.29, 1.82) is 0 Å². The van der Waals surface area contributed by atoms with Crippen LogP contribution >= 0.6 is 0 Å². The van der Waals surface area contributed by atoms with Crippen LogP contribution in [0.5, 0.6) is 11.5 Å². The van der Waals surface area contributed by atoms with E-state index in [1.807, 2.05) is 32.1 Å². The number of phenolic OH excluding ortho intramolecular Hbond substituents is 1. The smallest absolute Gasteiger partial charge is 0.480 e. The van der Waals surface area contributed by atoms with Crippen LogP contribution in [0, 0.1) is 37.1 Å². The second-order valence-electron chi connectivity index (χ2n) is 13.1. The molecule has 1 aliphatic heterocycles. The average molecular weight is 788 g/mol. The predicted octanol–water partition coefficient (Wildman–Crippen LogP) is 10.5. The molecule has 0 bridgehead atoms. The third kappa shape index (κ3) is 11.9. The fourth-order valence-corrected chi connectivity index (χ4v) is 5.81. The van der Waals surface area contributed by atoms with Crippen LogP contribution in [0.1, 0.15) is 78.1 Å². The number of furan rings is 2. The highest BCUT2D eigenvalue weighted by molar-refractivity contribution is 6.47. The van der Waals surface area contributed by atoms with Gasteiger partial charge in [-0.15, -0.1) is 0 Å². The van der Waals surface area contributed by atoms with Crippen molar-refractivity contribution in [1.82, 2.24) is 5.32 Å². The van der Waals surface area contributed by atoms with Gasteiger partial charge < -0.3 is 34.0 Å². The Balaban J connectivity index is 0.000000175. The number of ether oxygens (including phenoxy) is 1. The van der Waals surface area contributed by atoms with Crippen molar-refractivity contribution >= 4 is 41.4 Å². The minimum absolute atomic E-state index is 0.00764. The molecule has 3 heterocycles. The van der Waals surface area contributed by atoms with Gasteiger partial charge in [-0.25, -0.2) is 0 Å². The third-order valence-electron chi connectivity index (χ3n) is 8.53. The van der Waals surface area contributed by atoms with E-state index in [0.717, 1.165) is 38.8 Å². The first-order valence-corrected chi connectivity index (χ1v) is 18.5. The van der Waals surface area contributed by atoms with Crippen LogP contribution in [0.25, 0.3) is 28.0 Å². The molecular formula is C44H46BF4NO7. The molecule has 6 aromatic rings. The van der Waals surface area contributed by atoms with Gasteiger partial charge in [0.15, 0.2) is 29.0 Å². The molecular weight excluding hydrogens is 741 g/mol. The van der Waals surface area contributed by atoms with E-state index in [1.165, 1.54) is 30.1 Å². The fourth-order valence-electron chi connectivity index (χ4n) is 5.81. The highest BCUT2D eigenvalue weighted by Gasteiger charge is 2.27. The molecule has 0 fully saturated rings. The molecule has 8 nitrogen and oxygen atoms in total. The summed E-state index contributed by atoms with van der Waals surface area (Å²) in [5.41, 5.74) is 2.50. The lowest BCUT2D eigenvalue weighted by Gasteiger charge is -2.22. The Morgan fingerprint density at radius 1 is 0.772 bits per heavy atom. The Morgan fingerprint density at radius 3 is 1.84 bits per heavy atom. The number of nitrogens with one attached hydrogen (secondary N) is 1. The zero-order chi connectivity index (χ0) is 41.5. The Labute approximate surface area is 329 Å². The normalized spacial score (nSPS) is 12.8. The average Bonchev–Trinajstić information content (AvgIpc) is 3.80. The summed E-state index contributed by atoms with van der Waals surface area (Å²) in [6.07, 6.45) is 9.14. The van der Waals surface area contributed by atoms with Crippen molar-refractivity contribution in [2.75, 3.05) is 0 Å². The maximum Gasteiger partial charge on any atom is 0.480 e. The third-order valence-corrected chi connectivity index (χ3v) is 8.53. The highest BCUT2D eigenvalue weighted by Crippen LogP contribution is 2.40. The van der Waals surface area contributed by atoms with Crippen LogP contribution in [0.3, 0.4) is 0 Å².